The summed E-state index contributed by atoms with van der Waals surface area (Å²) in [5.41, 5.74) is 0.553. The predicted molar refractivity (Wildman–Crippen MR) is 251 cm³/mol. The van der Waals surface area contributed by atoms with Crippen LogP contribution in [0.1, 0.15) is 109 Å². The van der Waals surface area contributed by atoms with Crippen molar-refractivity contribution in [2.45, 2.75) is 198 Å². The smallest absolute Gasteiger partial charge is 0.410 e. The van der Waals surface area contributed by atoms with Crippen molar-refractivity contribution in [3.8, 4) is 0 Å². The number of amides is 6. The average molecular weight is 1000 g/mol. The van der Waals surface area contributed by atoms with Crippen LogP contribution in [0.25, 0.3) is 0 Å². The Balaban J connectivity index is 2.13. The molecule has 0 aromatic rings. The molecule has 3 aliphatic rings. The highest BCUT2D eigenvalue weighted by molar-refractivity contribution is 5.82. The maximum atomic E-state index is 13.9. The van der Waals surface area contributed by atoms with E-state index in [-0.39, 0.29) is 38.1 Å². The maximum Gasteiger partial charge on any atom is 0.410 e. The fourth-order valence-electron chi connectivity index (χ4n) is 8.16. The SMILES string of the molecule is CN(CC(=O)N[C@@H]1CC=C(CN)O[C@@H]1C1[C@@H](NC(=O)OC(C)(C)C)C[C@@H](NC(=O)[C@@H](O)CCNC(=O)OC(C)(C)C)[C@H](O[C@H]2OC[C@](C)(O)[C@H](N(C)C(=O)OC(C)(C)C)[C@H]2O)[C@H]1O)C(=O)OC(C)(C)C. The van der Waals surface area contributed by atoms with Gasteiger partial charge in [-0.05, 0) is 115 Å². The first kappa shape index (κ1) is 59.6. The van der Waals surface area contributed by atoms with Gasteiger partial charge in [0.2, 0.25) is 11.8 Å². The standard InChI is InChI=1S/C46H81N7O17/c1-42(2,3)67-38(59)48-19-18-28(54)36(58)50-27-20-26(51-39(60)68-43(4,5)6)30(33-25(17-16-24(21-47)65-33)49-29(55)22-52(14)40(61)69-44(7,8)9)31(56)34(27)66-37-32(57)35(46(13,63)23-64-37)53(15)41(62)70-45(10,11)12/h16,25-28,30-35,37,54,56-57,63H,17-23,47H2,1-15H3,(H,48,59)(H,49,55)(H,50,58)(H,51,60)/t25-,26+,27-,28+,30?,31+,32-,33+,34+,35-,37-,46+/m1/s1. The van der Waals surface area contributed by atoms with Gasteiger partial charge in [-0.2, -0.15) is 0 Å². The molecular formula is C46H81N7O17. The largest absolute Gasteiger partial charge is 0.491 e. The molecule has 70 heavy (non-hydrogen) atoms. The summed E-state index contributed by atoms with van der Waals surface area (Å²) in [6.45, 7) is 19.9. The van der Waals surface area contributed by atoms with Crippen molar-refractivity contribution in [3.05, 3.63) is 11.8 Å². The summed E-state index contributed by atoms with van der Waals surface area (Å²) in [6, 6.07) is -4.92. The zero-order valence-corrected chi connectivity index (χ0v) is 43.4. The number of nitrogens with one attached hydrogen (secondary N) is 4. The minimum absolute atomic E-state index is 0.0922. The molecule has 2 aliphatic heterocycles. The van der Waals surface area contributed by atoms with E-state index in [0.717, 1.165) is 9.80 Å². The van der Waals surface area contributed by atoms with E-state index in [1.54, 1.807) is 89.2 Å². The third-order valence-electron chi connectivity index (χ3n) is 11.0. The molecule has 2 heterocycles. The first-order chi connectivity index (χ1) is 31.9. The number of hydrogen-bond acceptors (Lipinski definition) is 18. The Bertz CT molecular complexity index is 1860. The third kappa shape index (κ3) is 18.2. The first-order valence-corrected chi connectivity index (χ1v) is 23.5. The van der Waals surface area contributed by atoms with Crippen molar-refractivity contribution in [2.24, 2.45) is 11.7 Å². The van der Waals surface area contributed by atoms with Gasteiger partial charge in [0.15, 0.2) is 6.29 Å². The fourth-order valence-corrected chi connectivity index (χ4v) is 8.16. The highest BCUT2D eigenvalue weighted by Gasteiger charge is 2.56. The third-order valence-corrected chi connectivity index (χ3v) is 11.0. The number of nitrogens with two attached hydrogens (primary N) is 1. The molecule has 1 unspecified atom stereocenters. The van der Waals surface area contributed by atoms with Gasteiger partial charge in [0, 0.05) is 32.6 Å². The monoisotopic (exact) mass is 1000 g/mol. The van der Waals surface area contributed by atoms with Crippen LogP contribution < -0.4 is 27.0 Å². The van der Waals surface area contributed by atoms with Crippen LogP contribution in [0, 0.1) is 5.92 Å². The lowest BCUT2D eigenvalue weighted by Gasteiger charge is -2.52. The van der Waals surface area contributed by atoms with Crippen LogP contribution in [0.5, 0.6) is 0 Å². The van der Waals surface area contributed by atoms with Crippen molar-refractivity contribution in [3.63, 3.8) is 0 Å². The van der Waals surface area contributed by atoms with Crippen LogP contribution in [-0.4, -0.2) is 196 Å². The molecule has 1 saturated heterocycles. The number of hydrogen-bond donors (Lipinski definition) is 9. The van der Waals surface area contributed by atoms with Gasteiger partial charge in [-0.25, -0.2) is 19.2 Å². The van der Waals surface area contributed by atoms with E-state index < -0.39 is 144 Å². The van der Waals surface area contributed by atoms with Gasteiger partial charge in [0.25, 0.3) is 0 Å². The second-order valence-electron chi connectivity index (χ2n) is 22.3. The molecule has 402 valence electrons. The van der Waals surface area contributed by atoms with E-state index in [0.29, 0.717) is 0 Å². The Morgan fingerprint density at radius 3 is 1.91 bits per heavy atom. The van der Waals surface area contributed by atoms with Crippen LogP contribution in [0.3, 0.4) is 0 Å². The van der Waals surface area contributed by atoms with Crippen molar-refractivity contribution in [1.29, 1.82) is 0 Å². The number of rotatable bonds is 14. The number of aliphatic hydroxyl groups is 4. The molecule has 24 nitrogen and oxygen atoms in total. The summed E-state index contributed by atoms with van der Waals surface area (Å²) in [4.78, 5) is 81.6. The lowest BCUT2D eigenvalue weighted by atomic mass is 9.72. The van der Waals surface area contributed by atoms with Crippen molar-refractivity contribution < 1.29 is 82.4 Å². The molecule has 10 N–H and O–H groups in total. The minimum atomic E-state index is -1.88. The van der Waals surface area contributed by atoms with Gasteiger partial charge in [0.1, 0.15) is 64.7 Å². The number of alkyl carbamates (subject to hydrolysis) is 2. The number of aliphatic hydroxyl groups excluding tert-OH is 3. The summed E-state index contributed by atoms with van der Waals surface area (Å²) in [7, 11) is 2.68. The van der Waals surface area contributed by atoms with Gasteiger partial charge < -0.3 is 90.4 Å². The molecule has 12 atom stereocenters. The lowest BCUT2D eigenvalue weighted by molar-refractivity contribution is -0.305. The maximum absolute atomic E-state index is 13.9. The summed E-state index contributed by atoms with van der Waals surface area (Å²) < 4.78 is 40.5. The second kappa shape index (κ2) is 23.7. The zero-order valence-electron chi connectivity index (χ0n) is 43.4. The highest BCUT2D eigenvalue weighted by Crippen LogP contribution is 2.39. The first-order valence-electron chi connectivity index (χ1n) is 23.5. The molecule has 0 aromatic carbocycles. The Morgan fingerprint density at radius 1 is 0.800 bits per heavy atom. The molecule has 0 spiro atoms. The fraction of sp³-hybridized carbons (Fsp3) is 0.826. The van der Waals surface area contributed by atoms with Crippen molar-refractivity contribution in [2.75, 3.05) is 40.3 Å². The Morgan fingerprint density at radius 2 is 1.36 bits per heavy atom. The van der Waals surface area contributed by atoms with Crippen LogP contribution >= 0.6 is 0 Å². The number of carbonyl (C=O) groups is 6. The molecule has 24 heteroatoms. The van der Waals surface area contributed by atoms with Crippen LogP contribution in [0.2, 0.25) is 0 Å². The van der Waals surface area contributed by atoms with Gasteiger partial charge >= 0.3 is 24.4 Å². The van der Waals surface area contributed by atoms with Crippen molar-refractivity contribution >= 4 is 36.2 Å². The van der Waals surface area contributed by atoms with E-state index in [1.807, 2.05) is 0 Å². The molecule has 2 fully saturated rings. The van der Waals surface area contributed by atoms with Gasteiger partial charge in [0.05, 0.1) is 37.4 Å². The molecular weight excluding hydrogens is 923 g/mol. The zero-order chi connectivity index (χ0) is 53.5. The Hall–Kier alpha value is -4.72. The molecule has 1 aliphatic carbocycles. The number of carbonyl (C=O) groups excluding carboxylic acids is 6. The average Bonchev–Trinajstić information content (AvgIpc) is 3.17. The number of likely N-dealkylation sites (N-methyl/N-ethyl adjacent to an activating group) is 2. The number of ether oxygens (including phenoxy) is 7. The minimum Gasteiger partial charge on any atom is -0.491 e. The van der Waals surface area contributed by atoms with Crippen LogP contribution in [-0.2, 0) is 42.7 Å². The Kier molecular flexibility index (Phi) is 20.1. The second-order valence-corrected chi connectivity index (χ2v) is 22.3. The predicted octanol–water partition coefficient (Wildman–Crippen LogP) is 1.09. The summed E-state index contributed by atoms with van der Waals surface area (Å²) >= 11 is 0. The molecule has 3 rings (SSSR count). The van der Waals surface area contributed by atoms with Crippen molar-refractivity contribution in [1.82, 2.24) is 31.1 Å². The van der Waals surface area contributed by atoms with E-state index in [1.165, 1.54) is 21.0 Å². The summed E-state index contributed by atoms with van der Waals surface area (Å²) in [5.74, 6) is -2.63. The topological polar surface area (TPSA) is 329 Å². The number of nitrogens with zero attached hydrogens (tertiary/aromatic N) is 2. The van der Waals surface area contributed by atoms with Gasteiger partial charge in [-0.1, -0.05) is 0 Å². The quantitative estimate of drug-likeness (QED) is 0.110. The van der Waals surface area contributed by atoms with Crippen LogP contribution in [0.4, 0.5) is 19.2 Å². The van der Waals surface area contributed by atoms with E-state index in [9.17, 15) is 49.2 Å². The van der Waals surface area contributed by atoms with E-state index >= 15 is 0 Å². The molecule has 0 bridgehead atoms. The van der Waals surface area contributed by atoms with Gasteiger partial charge in [-0.3, -0.25) is 9.59 Å². The summed E-state index contributed by atoms with van der Waals surface area (Å²) in [5, 5.41) is 58.1. The lowest BCUT2D eigenvalue weighted by Crippen LogP contribution is -2.71. The molecule has 1 saturated carbocycles. The van der Waals surface area contributed by atoms with E-state index in [4.69, 9.17) is 38.9 Å². The molecule has 6 amide bonds. The summed E-state index contributed by atoms with van der Waals surface area (Å²) in [6.07, 6.45) is -12.2. The molecule has 0 radical (unpaired) electrons. The normalized spacial score (nSPS) is 28.9. The molecule has 0 aromatic heterocycles. The van der Waals surface area contributed by atoms with E-state index in [2.05, 4.69) is 21.3 Å². The van der Waals surface area contributed by atoms with Gasteiger partial charge in [-0.15, -0.1) is 0 Å². The van der Waals surface area contributed by atoms with Crippen LogP contribution in [0.15, 0.2) is 11.8 Å². The Labute approximate surface area is 410 Å². The highest BCUT2D eigenvalue weighted by atomic mass is 16.7.